The molecular weight excluding hydrogens is 362 g/mol. The zero-order chi connectivity index (χ0) is 19.2. The molecule has 26 heavy (non-hydrogen) atoms. The van der Waals surface area contributed by atoms with Crippen LogP contribution in [-0.2, 0) is 7.05 Å². The van der Waals surface area contributed by atoms with E-state index in [4.69, 9.17) is 11.6 Å². The molecule has 2 aromatic heterocycles. The monoisotopic (exact) mass is 375 g/mol. The Bertz CT molecular complexity index is 1020. The maximum atomic E-state index is 11.1. The summed E-state index contributed by atoms with van der Waals surface area (Å²) >= 11 is 6.25. The molecule has 9 nitrogen and oxygen atoms in total. The summed E-state index contributed by atoms with van der Waals surface area (Å²) in [7, 11) is 1.66. The number of hydrogen-bond acceptors (Lipinski definition) is 7. The first-order valence-electron chi connectivity index (χ1n) is 7.45. The number of aromatic nitrogens is 4. The Morgan fingerprint density at radius 1 is 1.15 bits per heavy atom. The van der Waals surface area contributed by atoms with E-state index in [0.717, 1.165) is 17.3 Å². The Morgan fingerprint density at radius 3 is 2.42 bits per heavy atom. The lowest BCUT2D eigenvalue weighted by Crippen LogP contribution is -2.00. The number of phenolic OH excluding ortho intramolecular Hbond substituents is 2. The quantitative estimate of drug-likeness (QED) is 0.311. The van der Waals surface area contributed by atoms with Crippen molar-refractivity contribution in [1.82, 2.24) is 19.7 Å². The van der Waals surface area contributed by atoms with Gasteiger partial charge in [0.1, 0.15) is 5.15 Å². The molecule has 0 aliphatic rings. The van der Waals surface area contributed by atoms with Crippen molar-refractivity contribution in [2.45, 2.75) is 13.8 Å². The third kappa shape index (κ3) is 2.82. The van der Waals surface area contributed by atoms with E-state index in [-0.39, 0.29) is 16.5 Å². The summed E-state index contributed by atoms with van der Waals surface area (Å²) in [5, 5.41) is 38.9. The number of rotatable bonds is 3. The Hall–Kier alpha value is -3.20. The topological polar surface area (TPSA) is 127 Å². The highest BCUT2D eigenvalue weighted by Gasteiger charge is 2.23. The van der Waals surface area contributed by atoms with E-state index in [2.05, 4.69) is 15.2 Å². The van der Waals surface area contributed by atoms with Crippen molar-refractivity contribution in [2.75, 3.05) is 0 Å². The van der Waals surface area contributed by atoms with E-state index in [0.29, 0.717) is 11.4 Å². The van der Waals surface area contributed by atoms with Crippen LogP contribution in [-0.4, -0.2) is 34.9 Å². The van der Waals surface area contributed by atoms with Crippen LogP contribution in [0.5, 0.6) is 11.5 Å². The number of aromatic hydroxyl groups is 2. The minimum absolute atomic E-state index is 0.224. The van der Waals surface area contributed by atoms with Gasteiger partial charge < -0.3 is 14.8 Å². The lowest BCUT2D eigenvalue weighted by molar-refractivity contribution is -0.385. The molecule has 2 N–H and O–H groups in total. The molecule has 0 unspecified atom stereocenters. The van der Waals surface area contributed by atoms with Crippen molar-refractivity contribution in [2.24, 2.45) is 7.05 Å². The lowest BCUT2D eigenvalue weighted by Gasteiger charge is -2.09. The number of aryl methyl sites for hydroxylation is 2. The van der Waals surface area contributed by atoms with Crippen molar-refractivity contribution in [3.63, 3.8) is 0 Å². The smallest absolute Gasteiger partial charge is 0.315 e. The number of nitro benzene ring substituents is 1. The molecule has 3 rings (SSSR count). The third-order valence-corrected chi connectivity index (χ3v) is 4.20. The van der Waals surface area contributed by atoms with E-state index in [1.165, 1.54) is 6.07 Å². The molecule has 0 aliphatic heterocycles. The first-order chi connectivity index (χ1) is 12.2. The molecule has 0 spiro atoms. The van der Waals surface area contributed by atoms with Crippen LogP contribution in [0.4, 0.5) is 5.69 Å². The SMILES string of the molecule is Cc1cc(C)c(-c2nnc(-c3cc(O)c(O)c([N+](=O)[O-])c3)n2C)c(Cl)n1. The highest BCUT2D eigenvalue weighted by molar-refractivity contribution is 6.32. The van der Waals surface area contributed by atoms with Crippen molar-refractivity contribution in [3.05, 3.63) is 44.7 Å². The summed E-state index contributed by atoms with van der Waals surface area (Å²) in [6.07, 6.45) is 0. The van der Waals surface area contributed by atoms with Gasteiger partial charge >= 0.3 is 5.69 Å². The molecule has 0 radical (unpaired) electrons. The van der Waals surface area contributed by atoms with Crippen LogP contribution in [0.15, 0.2) is 18.2 Å². The number of hydrogen-bond donors (Lipinski definition) is 2. The second-order valence-electron chi connectivity index (χ2n) is 5.77. The Labute approximate surface area is 152 Å². The van der Waals surface area contributed by atoms with Crippen molar-refractivity contribution in [3.8, 4) is 34.3 Å². The van der Waals surface area contributed by atoms with Crippen LogP contribution in [0.25, 0.3) is 22.8 Å². The van der Waals surface area contributed by atoms with Gasteiger partial charge in [-0.2, -0.15) is 0 Å². The van der Waals surface area contributed by atoms with Crippen molar-refractivity contribution in [1.29, 1.82) is 0 Å². The number of nitrogens with zero attached hydrogens (tertiary/aromatic N) is 5. The molecule has 1 aromatic carbocycles. The van der Waals surface area contributed by atoms with E-state index in [9.17, 15) is 20.3 Å². The second kappa shape index (κ2) is 6.26. The minimum atomic E-state index is -0.803. The summed E-state index contributed by atoms with van der Waals surface area (Å²) in [6.45, 7) is 3.69. The van der Waals surface area contributed by atoms with Crippen LogP contribution < -0.4 is 0 Å². The van der Waals surface area contributed by atoms with Crippen LogP contribution in [0, 0.1) is 24.0 Å². The molecule has 134 valence electrons. The summed E-state index contributed by atoms with van der Waals surface area (Å²) in [5.74, 6) is -0.743. The standard InChI is InChI=1S/C16H14ClN5O4/c1-7-4-8(2)18-14(17)12(7)16-20-19-15(21(16)3)9-5-10(22(25)26)13(24)11(23)6-9/h4-6,23-24H,1-3H3. The molecule has 0 saturated carbocycles. The van der Waals surface area contributed by atoms with Crippen LogP contribution in [0.2, 0.25) is 5.15 Å². The highest BCUT2D eigenvalue weighted by atomic mass is 35.5. The van der Waals surface area contributed by atoms with Crippen molar-refractivity contribution >= 4 is 17.3 Å². The molecule has 0 fully saturated rings. The number of nitro groups is 1. The summed E-state index contributed by atoms with van der Waals surface area (Å²) in [5.41, 5.74) is 1.80. The first kappa shape index (κ1) is 17.6. The van der Waals surface area contributed by atoms with Crippen LogP contribution in [0.1, 0.15) is 11.3 Å². The zero-order valence-electron chi connectivity index (χ0n) is 14.1. The fourth-order valence-corrected chi connectivity index (χ4v) is 3.10. The van der Waals surface area contributed by atoms with Crippen LogP contribution in [0.3, 0.4) is 0 Å². The molecule has 10 heteroatoms. The summed E-state index contributed by atoms with van der Waals surface area (Å²) in [4.78, 5) is 14.5. The molecule has 0 aliphatic carbocycles. The third-order valence-electron chi connectivity index (χ3n) is 3.92. The van der Waals surface area contributed by atoms with Crippen molar-refractivity contribution < 1.29 is 15.1 Å². The van der Waals surface area contributed by atoms with Gasteiger partial charge in [0.15, 0.2) is 17.4 Å². The van der Waals surface area contributed by atoms with Gasteiger partial charge in [-0.25, -0.2) is 4.98 Å². The van der Waals surface area contributed by atoms with Gasteiger partial charge in [-0.1, -0.05) is 11.6 Å². The average molecular weight is 376 g/mol. The van der Waals surface area contributed by atoms with E-state index in [1.54, 1.807) is 11.6 Å². The van der Waals surface area contributed by atoms with Gasteiger partial charge in [-0.15, -0.1) is 10.2 Å². The maximum Gasteiger partial charge on any atom is 0.315 e. The molecule has 0 saturated heterocycles. The number of benzene rings is 1. The Balaban J connectivity index is 2.19. The summed E-state index contributed by atoms with van der Waals surface area (Å²) in [6, 6.07) is 4.15. The fraction of sp³-hybridized carbons (Fsp3) is 0.188. The minimum Gasteiger partial charge on any atom is -0.504 e. The predicted octanol–water partition coefficient (Wildman–Crippen LogP) is 3.13. The summed E-state index contributed by atoms with van der Waals surface area (Å²) < 4.78 is 1.58. The maximum absolute atomic E-state index is 11.1. The van der Waals surface area contributed by atoms with Gasteiger partial charge in [-0.3, -0.25) is 10.1 Å². The number of phenols is 2. The molecular formula is C16H14ClN5O4. The molecule has 0 atom stereocenters. The number of pyridine rings is 1. The predicted molar refractivity (Wildman–Crippen MR) is 94.1 cm³/mol. The van der Waals surface area contributed by atoms with Gasteiger partial charge in [0.25, 0.3) is 0 Å². The van der Waals surface area contributed by atoms with E-state index >= 15 is 0 Å². The van der Waals surface area contributed by atoms with Gasteiger partial charge in [-0.05, 0) is 31.5 Å². The average Bonchev–Trinajstić information content (AvgIpc) is 2.90. The second-order valence-corrected chi connectivity index (χ2v) is 6.13. The zero-order valence-corrected chi connectivity index (χ0v) is 14.8. The highest BCUT2D eigenvalue weighted by Crippen LogP contribution is 2.39. The molecule has 0 bridgehead atoms. The number of halogens is 1. The molecule has 3 aromatic rings. The molecule has 0 amide bonds. The van der Waals surface area contributed by atoms with Gasteiger partial charge in [0.2, 0.25) is 5.75 Å². The largest absolute Gasteiger partial charge is 0.504 e. The van der Waals surface area contributed by atoms with Crippen LogP contribution >= 0.6 is 11.6 Å². The van der Waals surface area contributed by atoms with E-state index in [1.807, 2.05) is 19.9 Å². The Kier molecular flexibility index (Phi) is 4.25. The molecule has 2 heterocycles. The van der Waals surface area contributed by atoms with Gasteiger partial charge in [0, 0.05) is 24.4 Å². The fourth-order valence-electron chi connectivity index (χ4n) is 2.73. The Morgan fingerprint density at radius 2 is 1.81 bits per heavy atom. The van der Waals surface area contributed by atoms with E-state index < -0.39 is 22.1 Å². The normalized spacial score (nSPS) is 10.9. The lowest BCUT2D eigenvalue weighted by atomic mass is 10.1. The van der Waals surface area contributed by atoms with Gasteiger partial charge in [0.05, 0.1) is 10.5 Å². The first-order valence-corrected chi connectivity index (χ1v) is 7.82.